The number of hydrogen-bond acceptors (Lipinski definition) is 4. The normalized spacial score (nSPS) is 23.8. The van der Waals surface area contributed by atoms with Crippen LogP contribution in [0.4, 0.5) is 14.5 Å². The van der Waals surface area contributed by atoms with E-state index in [9.17, 15) is 13.6 Å². The van der Waals surface area contributed by atoms with Gasteiger partial charge in [-0.1, -0.05) is 30.3 Å². The number of para-hydroxylation sites is 1. The van der Waals surface area contributed by atoms with Crippen molar-refractivity contribution in [3.8, 4) is 5.75 Å². The SMILES string of the molecule is CO[C@]1(C)NC(=S)N[C@H](c2ccc(OC(F)F)cc2)[C@@H]1C(=O)Nc1ccccc1. The quantitative estimate of drug-likeness (QED) is 0.621. The van der Waals surface area contributed by atoms with Gasteiger partial charge in [0.15, 0.2) is 10.8 Å². The van der Waals surface area contributed by atoms with Crippen molar-refractivity contribution in [2.75, 3.05) is 12.4 Å². The number of nitrogens with one attached hydrogen (secondary N) is 3. The van der Waals surface area contributed by atoms with Crippen molar-refractivity contribution < 1.29 is 23.0 Å². The van der Waals surface area contributed by atoms with Crippen LogP contribution in [-0.4, -0.2) is 30.5 Å². The Kier molecular flexibility index (Phi) is 6.29. The van der Waals surface area contributed by atoms with Gasteiger partial charge in [-0.3, -0.25) is 4.79 Å². The molecule has 6 nitrogen and oxygen atoms in total. The summed E-state index contributed by atoms with van der Waals surface area (Å²) in [5, 5.41) is 9.30. The molecular formula is C20H21F2N3O3S. The van der Waals surface area contributed by atoms with Crippen LogP contribution in [0.25, 0.3) is 0 Å². The third-order valence-electron chi connectivity index (χ3n) is 4.79. The Hall–Kier alpha value is -2.78. The molecule has 0 aromatic heterocycles. The summed E-state index contributed by atoms with van der Waals surface area (Å²) in [6.07, 6.45) is 0. The highest BCUT2D eigenvalue weighted by Crippen LogP contribution is 2.36. The van der Waals surface area contributed by atoms with E-state index in [-0.39, 0.29) is 11.7 Å². The van der Waals surface area contributed by atoms with Crippen LogP contribution in [0.5, 0.6) is 5.75 Å². The van der Waals surface area contributed by atoms with Crippen LogP contribution in [-0.2, 0) is 9.53 Å². The zero-order valence-electron chi connectivity index (χ0n) is 15.8. The van der Waals surface area contributed by atoms with Gasteiger partial charge in [0.2, 0.25) is 5.91 Å². The van der Waals surface area contributed by atoms with Crippen LogP contribution in [0, 0.1) is 5.92 Å². The lowest BCUT2D eigenvalue weighted by molar-refractivity contribution is -0.137. The molecule has 1 amide bonds. The summed E-state index contributed by atoms with van der Waals surface area (Å²) in [5.41, 5.74) is 0.222. The number of halogens is 2. The molecule has 0 radical (unpaired) electrons. The van der Waals surface area contributed by atoms with Crippen LogP contribution >= 0.6 is 12.2 Å². The standard InChI is InChI=1S/C20H21F2N3O3S/c1-20(27-2)15(17(26)23-13-6-4-3-5-7-13)16(24-19(29)25-20)12-8-10-14(11-9-12)28-18(21)22/h3-11,15-16,18H,1-2H3,(H,23,26)(H2,24,25,29)/t15-,16-,20+/m1/s1. The molecule has 154 valence electrons. The molecule has 3 atom stereocenters. The Morgan fingerprint density at radius 3 is 2.41 bits per heavy atom. The second-order valence-corrected chi connectivity index (χ2v) is 7.08. The highest BCUT2D eigenvalue weighted by atomic mass is 32.1. The van der Waals surface area contributed by atoms with E-state index in [1.165, 1.54) is 19.2 Å². The van der Waals surface area contributed by atoms with Crippen LogP contribution in [0.3, 0.4) is 0 Å². The third-order valence-corrected chi connectivity index (χ3v) is 5.01. The van der Waals surface area contributed by atoms with Gasteiger partial charge in [-0.05, 0) is 49.0 Å². The fraction of sp³-hybridized carbons (Fsp3) is 0.300. The summed E-state index contributed by atoms with van der Waals surface area (Å²) in [7, 11) is 1.49. The number of methoxy groups -OCH3 is 1. The molecule has 1 heterocycles. The second kappa shape index (κ2) is 8.71. The third kappa shape index (κ3) is 4.80. The van der Waals surface area contributed by atoms with Gasteiger partial charge in [0.25, 0.3) is 0 Å². The Bertz CT molecular complexity index is 867. The van der Waals surface area contributed by atoms with Crippen molar-refractivity contribution in [1.82, 2.24) is 10.6 Å². The predicted molar refractivity (Wildman–Crippen MR) is 109 cm³/mol. The molecule has 0 aliphatic carbocycles. The first-order valence-electron chi connectivity index (χ1n) is 8.87. The minimum absolute atomic E-state index is 0.0278. The Balaban J connectivity index is 1.93. The van der Waals surface area contributed by atoms with Crippen LogP contribution in [0.1, 0.15) is 18.5 Å². The van der Waals surface area contributed by atoms with Crippen LogP contribution in [0.2, 0.25) is 0 Å². The molecule has 1 fully saturated rings. The van der Waals surface area contributed by atoms with Crippen molar-refractivity contribution in [2.45, 2.75) is 25.3 Å². The number of thiocarbonyl (C=S) groups is 1. The molecule has 0 unspecified atom stereocenters. The fourth-order valence-electron chi connectivity index (χ4n) is 3.34. The Morgan fingerprint density at radius 2 is 1.83 bits per heavy atom. The van der Waals surface area contributed by atoms with E-state index in [2.05, 4.69) is 20.7 Å². The van der Waals surface area contributed by atoms with Crippen molar-refractivity contribution in [3.63, 3.8) is 0 Å². The maximum Gasteiger partial charge on any atom is 0.387 e. The molecule has 2 aromatic carbocycles. The molecule has 2 aromatic rings. The number of hydrogen-bond donors (Lipinski definition) is 3. The maximum absolute atomic E-state index is 13.2. The predicted octanol–water partition coefficient (Wildman–Crippen LogP) is 3.42. The summed E-state index contributed by atoms with van der Waals surface area (Å²) >= 11 is 5.29. The van der Waals surface area contributed by atoms with E-state index in [1.807, 2.05) is 18.2 Å². The summed E-state index contributed by atoms with van der Waals surface area (Å²) in [4.78, 5) is 13.2. The molecule has 1 saturated heterocycles. The highest BCUT2D eigenvalue weighted by molar-refractivity contribution is 7.80. The molecule has 1 aliphatic heterocycles. The average molecular weight is 421 g/mol. The number of carbonyl (C=O) groups excluding carboxylic acids is 1. The first-order chi connectivity index (χ1) is 13.8. The minimum Gasteiger partial charge on any atom is -0.435 e. The number of carbonyl (C=O) groups is 1. The number of benzene rings is 2. The monoisotopic (exact) mass is 421 g/mol. The molecular weight excluding hydrogens is 400 g/mol. The fourth-order valence-corrected chi connectivity index (χ4v) is 3.66. The number of rotatable bonds is 6. The van der Waals surface area contributed by atoms with Crippen molar-refractivity contribution in [1.29, 1.82) is 0 Å². The highest BCUT2D eigenvalue weighted by Gasteiger charge is 2.49. The topological polar surface area (TPSA) is 71.6 Å². The van der Waals surface area contributed by atoms with E-state index >= 15 is 0 Å². The summed E-state index contributed by atoms with van der Waals surface area (Å²) in [6, 6.07) is 14.6. The van der Waals surface area contributed by atoms with E-state index in [1.54, 1.807) is 31.2 Å². The molecule has 1 aliphatic rings. The summed E-state index contributed by atoms with van der Waals surface area (Å²) < 4.78 is 34.9. The van der Waals surface area contributed by atoms with Gasteiger partial charge in [-0.25, -0.2) is 0 Å². The zero-order valence-corrected chi connectivity index (χ0v) is 16.6. The Labute approximate surface area is 172 Å². The minimum atomic E-state index is -2.91. The van der Waals surface area contributed by atoms with Crippen molar-refractivity contribution >= 4 is 28.9 Å². The van der Waals surface area contributed by atoms with Gasteiger partial charge in [0.1, 0.15) is 11.7 Å². The van der Waals surface area contributed by atoms with Gasteiger partial charge in [0.05, 0.1) is 6.04 Å². The second-order valence-electron chi connectivity index (χ2n) is 6.67. The Morgan fingerprint density at radius 1 is 1.17 bits per heavy atom. The zero-order chi connectivity index (χ0) is 21.0. The van der Waals surface area contributed by atoms with Gasteiger partial charge in [-0.15, -0.1) is 0 Å². The van der Waals surface area contributed by atoms with Gasteiger partial charge in [0, 0.05) is 12.8 Å². The first kappa shape index (κ1) is 20.9. The van der Waals surface area contributed by atoms with Gasteiger partial charge < -0.3 is 25.4 Å². The van der Waals surface area contributed by atoms with Crippen molar-refractivity contribution in [3.05, 3.63) is 60.2 Å². The van der Waals surface area contributed by atoms with E-state index in [0.717, 1.165) is 0 Å². The van der Waals surface area contributed by atoms with Gasteiger partial charge in [-0.2, -0.15) is 8.78 Å². The van der Waals surface area contributed by atoms with E-state index < -0.39 is 24.3 Å². The lowest BCUT2D eigenvalue weighted by Crippen LogP contribution is -2.66. The molecule has 3 N–H and O–H groups in total. The first-order valence-corrected chi connectivity index (χ1v) is 9.28. The number of amides is 1. The number of anilines is 1. The van der Waals surface area contributed by atoms with E-state index in [4.69, 9.17) is 17.0 Å². The molecule has 0 saturated carbocycles. The number of ether oxygens (including phenoxy) is 2. The smallest absolute Gasteiger partial charge is 0.387 e. The molecule has 0 bridgehead atoms. The largest absolute Gasteiger partial charge is 0.435 e. The van der Waals surface area contributed by atoms with Crippen molar-refractivity contribution in [2.24, 2.45) is 5.92 Å². The molecule has 9 heteroatoms. The number of alkyl halides is 2. The lowest BCUT2D eigenvalue weighted by Gasteiger charge is -2.46. The maximum atomic E-state index is 13.2. The molecule has 3 rings (SSSR count). The van der Waals surface area contributed by atoms with Crippen LogP contribution < -0.4 is 20.7 Å². The van der Waals surface area contributed by atoms with Gasteiger partial charge >= 0.3 is 6.61 Å². The summed E-state index contributed by atoms with van der Waals surface area (Å²) in [6.45, 7) is -1.18. The molecule has 29 heavy (non-hydrogen) atoms. The van der Waals surface area contributed by atoms with Crippen LogP contribution in [0.15, 0.2) is 54.6 Å². The lowest BCUT2D eigenvalue weighted by atomic mass is 9.82. The summed E-state index contributed by atoms with van der Waals surface area (Å²) in [5.74, 6) is -0.998. The molecule has 0 spiro atoms. The average Bonchev–Trinajstić information content (AvgIpc) is 2.68. The van der Waals surface area contributed by atoms with E-state index in [0.29, 0.717) is 16.4 Å².